The van der Waals surface area contributed by atoms with Gasteiger partial charge in [-0.2, -0.15) is 0 Å². The standard InChI is InChI=1S/C41H44N2/c1-3-5-7-12-25-41(26-13-8-6-4-2)37-16-10-9-15-35(37)36-23-22-33(29-38(36)41)31-18-20-32(21-19-31)34-24-28-43-40(30-34)39-17-11-14-27-42-39/h9-11,14-24,27-30H,3-8,12-13,25-26H2,1-2H3. The van der Waals surface area contributed by atoms with Gasteiger partial charge >= 0.3 is 0 Å². The van der Waals surface area contributed by atoms with Gasteiger partial charge in [0.2, 0.25) is 0 Å². The molecule has 6 rings (SSSR count). The third kappa shape index (κ3) is 6.07. The van der Waals surface area contributed by atoms with Crippen molar-refractivity contribution in [2.45, 2.75) is 83.5 Å². The van der Waals surface area contributed by atoms with E-state index in [0.29, 0.717) is 0 Å². The van der Waals surface area contributed by atoms with E-state index in [-0.39, 0.29) is 5.41 Å². The maximum atomic E-state index is 4.56. The molecule has 5 aromatic rings. The lowest BCUT2D eigenvalue weighted by Gasteiger charge is -2.33. The first-order chi connectivity index (χ1) is 21.2. The van der Waals surface area contributed by atoms with Crippen LogP contribution < -0.4 is 0 Å². The Morgan fingerprint density at radius 2 is 1.07 bits per heavy atom. The summed E-state index contributed by atoms with van der Waals surface area (Å²) in [6.45, 7) is 4.62. The van der Waals surface area contributed by atoms with Gasteiger partial charge in [-0.15, -0.1) is 0 Å². The first-order valence-electron chi connectivity index (χ1n) is 16.5. The average molecular weight is 565 g/mol. The van der Waals surface area contributed by atoms with Crippen LogP contribution in [-0.4, -0.2) is 9.97 Å². The SMILES string of the molecule is CCCCCCC1(CCCCCC)c2ccccc2-c2ccc(-c3ccc(-c4ccnc(-c5ccccn5)c4)cc3)cc21. The van der Waals surface area contributed by atoms with Crippen LogP contribution in [0.5, 0.6) is 0 Å². The Morgan fingerprint density at radius 3 is 1.74 bits per heavy atom. The lowest BCUT2D eigenvalue weighted by Crippen LogP contribution is -2.25. The predicted octanol–water partition coefficient (Wildman–Crippen LogP) is 11.7. The maximum absolute atomic E-state index is 4.56. The first kappa shape index (κ1) is 29.1. The highest BCUT2D eigenvalue weighted by Crippen LogP contribution is 2.55. The number of nitrogens with zero attached hydrogens (tertiary/aromatic N) is 2. The van der Waals surface area contributed by atoms with Crippen LogP contribution >= 0.6 is 0 Å². The van der Waals surface area contributed by atoms with E-state index in [4.69, 9.17) is 0 Å². The molecule has 2 nitrogen and oxygen atoms in total. The summed E-state index contributed by atoms with van der Waals surface area (Å²) in [6.07, 6.45) is 16.6. The summed E-state index contributed by atoms with van der Waals surface area (Å²) in [5.41, 5.74) is 12.9. The van der Waals surface area contributed by atoms with Crippen LogP contribution in [0.1, 0.15) is 89.2 Å². The quantitative estimate of drug-likeness (QED) is 0.133. The lowest BCUT2D eigenvalue weighted by atomic mass is 9.70. The van der Waals surface area contributed by atoms with E-state index in [1.165, 1.54) is 92.0 Å². The largest absolute Gasteiger partial charge is 0.255 e. The second-order valence-corrected chi connectivity index (χ2v) is 12.2. The van der Waals surface area contributed by atoms with Crippen LogP contribution in [0.3, 0.4) is 0 Å². The van der Waals surface area contributed by atoms with Crippen molar-refractivity contribution in [3.63, 3.8) is 0 Å². The molecule has 218 valence electrons. The van der Waals surface area contributed by atoms with Gasteiger partial charge in [0.15, 0.2) is 0 Å². The Bertz CT molecular complexity index is 1620. The molecule has 0 unspecified atom stereocenters. The number of hydrogen-bond acceptors (Lipinski definition) is 2. The van der Waals surface area contributed by atoms with Crippen molar-refractivity contribution in [2.75, 3.05) is 0 Å². The van der Waals surface area contributed by atoms with Crippen LogP contribution in [-0.2, 0) is 5.41 Å². The van der Waals surface area contributed by atoms with Gasteiger partial charge in [-0.05, 0) is 87.7 Å². The Labute approximate surface area is 258 Å². The highest BCUT2D eigenvalue weighted by molar-refractivity contribution is 5.84. The van der Waals surface area contributed by atoms with E-state index in [1.807, 2.05) is 30.6 Å². The molecular formula is C41H44N2. The summed E-state index contributed by atoms with van der Waals surface area (Å²) in [7, 11) is 0. The fourth-order valence-corrected chi connectivity index (χ4v) is 7.13. The zero-order valence-electron chi connectivity index (χ0n) is 25.9. The number of hydrogen-bond donors (Lipinski definition) is 0. The Hall–Kier alpha value is -4.04. The molecule has 0 atom stereocenters. The van der Waals surface area contributed by atoms with Gasteiger partial charge in [0.05, 0.1) is 11.4 Å². The third-order valence-corrected chi connectivity index (χ3v) is 9.42. The van der Waals surface area contributed by atoms with Gasteiger partial charge in [-0.3, -0.25) is 9.97 Å². The number of benzene rings is 3. The van der Waals surface area contributed by atoms with Crippen molar-refractivity contribution < 1.29 is 0 Å². The average Bonchev–Trinajstić information content (AvgIpc) is 3.35. The Balaban J connectivity index is 1.33. The van der Waals surface area contributed by atoms with Crippen molar-refractivity contribution in [1.82, 2.24) is 9.97 Å². The van der Waals surface area contributed by atoms with Gasteiger partial charge in [0.1, 0.15) is 0 Å². The normalized spacial score (nSPS) is 13.1. The molecule has 0 saturated heterocycles. The summed E-state index contributed by atoms with van der Waals surface area (Å²) >= 11 is 0. The number of fused-ring (bicyclic) bond motifs is 3. The second kappa shape index (κ2) is 13.5. The zero-order valence-corrected chi connectivity index (χ0v) is 25.9. The monoisotopic (exact) mass is 564 g/mol. The van der Waals surface area contributed by atoms with E-state index >= 15 is 0 Å². The van der Waals surface area contributed by atoms with Crippen LogP contribution in [0.15, 0.2) is 109 Å². The lowest BCUT2D eigenvalue weighted by molar-refractivity contribution is 0.401. The number of pyridine rings is 2. The highest BCUT2D eigenvalue weighted by atomic mass is 14.8. The number of rotatable bonds is 13. The first-order valence-corrected chi connectivity index (χ1v) is 16.5. The van der Waals surface area contributed by atoms with Crippen molar-refractivity contribution in [2.24, 2.45) is 0 Å². The van der Waals surface area contributed by atoms with Crippen LogP contribution in [0.2, 0.25) is 0 Å². The minimum absolute atomic E-state index is 0.113. The van der Waals surface area contributed by atoms with Crippen LogP contribution in [0.4, 0.5) is 0 Å². The molecule has 0 fully saturated rings. The summed E-state index contributed by atoms with van der Waals surface area (Å²) in [5.74, 6) is 0. The maximum Gasteiger partial charge on any atom is 0.0892 e. The van der Waals surface area contributed by atoms with Crippen molar-refractivity contribution in [1.29, 1.82) is 0 Å². The number of unbranched alkanes of at least 4 members (excludes halogenated alkanes) is 6. The zero-order chi connectivity index (χ0) is 29.5. The molecule has 2 heterocycles. The summed E-state index contributed by atoms with van der Waals surface area (Å²) in [4.78, 5) is 9.05. The van der Waals surface area contributed by atoms with Gasteiger partial charge < -0.3 is 0 Å². The van der Waals surface area contributed by atoms with Crippen LogP contribution in [0, 0.1) is 0 Å². The number of aromatic nitrogens is 2. The summed E-state index contributed by atoms with van der Waals surface area (Å²) < 4.78 is 0. The Morgan fingerprint density at radius 1 is 0.465 bits per heavy atom. The molecule has 43 heavy (non-hydrogen) atoms. The fourth-order valence-electron chi connectivity index (χ4n) is 7.13. The molecule has 0 spiro atoms. The molecule has 0 N–H and O–H groups in total. The molecular weight excluding hydrogens is 520 g/mol. The van der Waals surface area contributed by atoms with Gasteiger partial charge in [-0.1, -0.05) is 132 Å². The summed E-state index contributed by atoms with van der Waals surface area (Å²) in [6, 6.07) is 35.8. The molecule has 0 radical (unpaired) electrons. The molecule has 0 amide bonds. The van der Waals surface area contributed by atoms with Gasteiger partial charge in [0, 0.05) is 17.8 Å². The predicted molar refractivity (Wildman–Crippen MR) is 182 cm³/mol. The van der Waals surface area contributed by atoms with Crippen LogP contribution in [0.25, 0.3) is 44.8 Å². The third-order valence-electron chi connectivity index (χ3n) is 9.42. The fraction of sp³-hybridized carbons (Fsp3) is 0.317. The molecule has 1 aliphatic carbocycles. The Kier molecular flexibility index (Phi) is 9.13. The highest BCUT2D eigenvalue weighted by Gasteiger charge is 2.42. The summed E-state index contributed by atoms with van der Waals surface area (Å²) in [5, 5.41) is 0. The van der Waals surface area contributed by atoms with E-state index in [9.17, 15) is 0 Å². The second-order valence-electron chi connectivity index (χ2n) is 12.2. The molecule has 1 aliphatic rings. The van der Waals surface area contributed by atoms with Crippen molar-refractivity contribution in [3.05, 3.63) is 121 Å². The molecule has 0 bridgehead atoms. The van der Waals surface area contributed by atoms with Crippen molar-refractivity contribution in [3.8, 4) is 44.8 Å². The molecule has 0 aliphatic heterocycles. The smallest absolute Gasteiger partial charge is 0.0892 e. The van der Waals surface area contributed by atoms with Crippen molar-refractivity contribution >= 4 is 0 Å². The minimum Gasteiger partial charge on any atom is -0.255 e. The van der Waals surface area contributed by atoms with E-state index in [1.54, 1.807) is 11.1 Å². The minimum atomic E-state index is 0.113. The molecule has 3 aromatic carbocycles. The van der Waals surface area contributed by atoms with Gasteiger partial charge in [0.25, 0.3) is 0 Å². The topological polar surface area (TPSA) is 25.8 Å². The molecule has 2 heteroatoms. The van der Waals surface area contributed by atoms with E-state index in [2.05, 4.69) is 103 Å². The molecule has 2 aromatic heterocycles. The van der Waals surface area contributed by atoms with E-state index < -0.39 is 0 Å². The van der Waals surface area contributed by atoms with Gasteiger partial charge in [-0.25, -0.2) is 0 Å². The molecule has 0 saturated carbocycles. The van der Waals surface area contributed by atoms with E-state index in [0.717, 1.165) is 17.0 Å².